The molecule has 1 fully saturated rings. The van der Waals surface area contributed by atoms with Crippen molar-refractivity contribution >= 4 is 9.24 Å². The van der Waals surface area contributed by atoms with Crippen molar-refractivity contribution in [1.29, 1.82) is 0 Å². The van der Waals surface area contributed by atoms with Gasteiger partial charge in [-0.05, 0) is 30.3 Å². The zero-order chi connectivity index (χ0) is 6.91. The van der Waals surface area contributed by atoms with Crippen LogP contribution in [0.1, 0.15) is 33.1 Å². The molecule has 0 bridgehead atoms. The van der Waals surface area contributed by atoms with E-state index in [1.807, 2.05) is 0 Å². The summed E-state index contributed by atoms with van der Waals surface area (Å²) in [5.41, 5.74) is 0.747. The highest BCUT2D eigenvalue weighted by molar-refractivity contribution is 7.16. The van der Waals surface area contributed by atoms with Crippen LogP contribution in [0.3, 0.4) is 0 Å². The van der Waals surface area contributed by atoms with Gasteiger partial charge >= 0.3 is 0 Å². The van der Waals surface area contributed by atoms with Crippen molar-refractivity contribution in [2.45, 2.75) is 33.1 Å². The Morgan fingerprint density at radius 3 is 2.67 bits per heavy atom. The second kappa shape index (κ2) is 2.58. The molecule has 0 saturated heterocycles. The minimum absolute atomic E-state index is 0.747. The summed E-state index contributed by atoms with van der Waals surface area (Å²) in [6, 6.07) is 0. The summed E-state index contributed by atoms with van der Waals surface area (Å²) in [6.07, 6.45) is 5.58. The van der Waals surface area contributed by atoms with Crippen LogP contribution in [0.5, 0.6) is 0 Å². The lowest BCUT2D eigenvalue weighted by molar-refractivity contribution is 0.479. The van der Waals surface area contributed by atoms with Crippen LogP contribution in [-0.2, 0) is 0 Å². The molecule has 3 atom stereocenters. The highest BCUT2D eigenvalue weighted by atomic mass is 31.0. The number of rotatable bonds is 3. The van der Waals surface area contributed by atoms with Gasteiger partial charge in [0, 0.05) is 0 Å². The van der Waals surface area contributed by atoms with Crippen molar-refractivity contribution in [1.82, 2.24) is 0 Å². The Balaban J connectivity index is 2.22. The molecule has 0 aromatic heterocycles. The van der Waals surface area contributed by atoms with Crippen LogP contribution in [-0.4, -0.2) is 6.16 Å². The maximum absolute atomic E-state index is 2.81. The lowest BCUT2D eigenvalue weighted by Gasteiger charge is -2.04. The average Bonchev–Trinajstić information content (AvgIpc) is 2.46. The van der Waals surface area contributed by atoms with Gasteiger partial charge in [-0.15, -0.1) is 9.24 Å². The first-order valence-corrected chi connectivity index (χ1v) is 4.74. The standard InChI is InChI=1S/C8H17P/c1-3-8(2)6-7(8)4-5-9/h7H,3-6,9H2,1-2H3. The normalized spacial score (nSPS) is 41.0. The van der Waals surface area contributed by atoms with E-state index in [0.717, 1.165) is 11.3 Å². The second-order valence-corrected chi connectivity index (χ2v) is 4.06. The maximum atomic E-state index is 2.81. The molecule has 1 saturated carbocycles. The molecule has 9 heavy (non-hydrogen) atoms. The molecule has 1 aliphatic rings. The minimum Gasteiger partial charge on any atom is -0.138 e. The zero-order valence-electron chi connectivity index (χ0n) is 6.48. The highest BCUT2D eigenvalue weighted by Crippen LogP contribution is 2.56. The Hall–Kier alpha value is 0.430. The van der Waals surface area contributed by atoms with Crippen LogP contribution in [0, 0.1) is 11.3 Å². The van der Waals surface area contributed by atoms with Crippen LogP contribution in [0.25, 0.3) is 0 Å². The van der Waals surface area contributed by atoms with E-state index in [0.29, 0.717) is 0 Å². The van der Waals surface area contributed by atoms with Gasteiger partial charge in [-0.1, -0.05) is 20.3 Å². The van der Waals surface area contributed by atoms with Crippen molar-refractivity contribution in [3.8, 4) is 0 Å². The van der Waals surface area contributed by atoms with Crippen molar-refractivity contribution in [2.24, 2.45) is 11.3 Å². The van der Waals surface area contributed by atoms with Crippen molar-refractivity contribution in [3.05, 3.63) is 0 Å². The number of hydrogen-bond acceptors (Lipinski definition) is 0. The summed E-state index contributed by atoms with van der Waals surface area (Å²) in [4.78, 5) is 0. The summed E-state index contributed by atoms with van der Waals surface area (Å²) in [7, 11) is 2.81. The van der Waals surface area contributed by atoms with Gasteiger partial charge in [0.25, 0.3) is 0 Å². The van der Waals surface area contributed by atoms with E-state index in [4.69, 9.17) is 0 Å². The molecular weight excluding hydrogens is 127 g/mol. The van der Waals surface area contributed by atoms with Gasteiger partial charge in [0.05, 0.1) is 0 Å². The Labute approximate surface area is 60.6 Å². The van der Waals surface area contributed by atoms with Gasteiger partial charge in [-0.3, -0.25) is 0 Å². The van der Waals surface area contributed by atoms with E-state index >= 15 is 0 Å². The van der Waals surface area contributed by atoms with E-state index < -0.39 is 0 Å². The fraction of sp³-hybridized carbons (Fsp3) is 1.00. The quantitative estimate of drug-likeness (QED) is 0.534. The fourth-order valence-corrected chi connectivity index (χ4v) is 1.99. The van der Waals surface area contributed by atoms with E-state index in [1.54, 1.807) is 0 Å². The summed E-state index contributed by atoms with van der Waals surface area (Å²) in [6.45, 7) is 4.72. The topological polar surface area (TPSA) is 0 Å². The Morgan fingerprint density at radius 1 is 1.67 bits per heavy atom. The average molecular weight is 144 g/mol. The zero-order valence-corrected chi connectivity index (χ0v) is 7.64. The van der Waals surface area contributed by atoms with Gasteiger partial charge in [0.1, 0.15) is 0 Å². The van der Waals surface area contributed by atoms with Gasteiger partial charge in [-0.25, -0.2) is 0 Å². The highest BCUT2D eigenvalue weighted by Gasteiger charge is 2.46. The first-order chi connectivity index (χ1) is 4.23. The van der Waals surface area contributed by atoms with Gasteiger partial charge < -0.3 is 0 Å². The lowest BCUT2D eigenvalue weighted by Crippen LogP contribution is -1.95. The first-order valence-electron chi connectivity index (χ1n) is 3.93. The van der Waals surface area contributed by atoms with Crippen LogP contribution in [0.15, 0.2) is 0 Å². The van der Waals surface area contributed by atoms with E-state index in [1.165, 1.54) is 25.4 Å². The third-order valence-corrected chi connectivity index (χ3v) is 3.19. The molecule has 0 nitrogen and oxygen atoms in total. The molecule has 0 aromatic carbocycles. The van der Waals surface area contributed by atoms with Gasteiger partial charge in [0.15, 0.2) is 0 Å². The monoisotopic (exact) mass is 144 g/mol. The van der Waals surface area contributed by atoms with E-state index in [-0.39, 0.29) is 0 Å². The Kier molecular flexibility index (Phi) is 2.16. The van der Waals surface area contributed by atoms with Crippen LogP contribution >= 0.6 is 9.24 Å². The van der Waals surface area contributed by atoms with Crippen molar-refractivity contribution < 1.29 is 0 Å². The summed E-state index contributed by atoms with van der Waals surface area (Å²) < 4.78 is 0. The number of hydrogen-bond donors (Lipinski definition) is 0. The second-order valence-electron chi connectivity index (χ2n) is 3.49. The van der Waals surface area contributed by atoms with E-state index in [9.17, 15) is 0 Å². The molecule has 0 aromatic rings. The predicted octanol–water partition coefficient (Wildman–Crippen LogP) is 2.69. The van der Waals surface area contributed by atoms with Crippen LogP contribution in [0.4, 0.5) is 0 Å². The maximum Gasteiger partial charge on any atom is -0.0297 e. The van der Waals surface area contributed by atoms with Crippen LogP contribution in [0.2, 0.25) is 0 Å². The van der Waals surface area contributed by atoms with Crippen molar-refractivity contribution in [3.63, 3.8) is 0 Å². The van der Waals surface area contributed by atoms with Gasteiger partial charge in [-0.2, -0.15) is 0 Å². The molecule has 0 spiro atoms. The smallest absolute Gasteiger partial charge is 0.0297 e. The van der Waals surface area contributed by atoms with Crippen LogP contribution < -0.4 is 0 Å². The molecule has 0 aliphatic heterocycles. The molecule has 54 valence electrons. The Bertz CT molecular complexity index is 98.7. The first kappa shape index (κ1) is 7.54. The lowest BCUT2D eigenvalue weighted by atomic mass is 10.0. The van der Waals surface area contributed by atoms with Gasteiger partial charge in [0.2, 0.25) is 0 Å². The SMILES string of the molecule is CCC1(C)CC1CCP. The van der Waals surface area contributed by atoms with E-state index in [2.05, 4.69) is 23.1 Å². The molecular formula is C8H17P. The molecule has 0 radical (unpaired) electrons. The third kappa shape index (κ3) is 1.46. The molecule has 1 heteroatoms. The minimum atomic E-state index is 0.747. The molecule has 0 amide bonds. The molecule has 3 unspecified atom stereocenters. The van der Waals surface area contributed by atoms with Crippen molar-refractivity contribution in [2.75, 3.05) is 6.16 Å². The molecule has 1 aliphatic carbocycles. The summed E-state index contributed by atoms with van der Waals surface area (Å²) in [5.74, 6) is 1.06. The molecule has 0 N–H and O–H groups in total. The molecule has 1 rings (SSSR count). The largest absolute Gasteiger partial charge is 0.138 e. The summed E-state index contributed by atoms with van der Waals surface area (Å²) >= 11 is 0. The molecule has 0 heterocycles. The Morgan fingerprint density at radius 2 is 2.33 bits per heavy atom. The third-order valence-electron chi connectivity index (χ3n) is 2.86. The predicted molar refractivity (Wildman–Crippen MR) is 45.7 cm³/mol. The summed E-state index contributed by atoms with van der Waals surface area (Å²) in [5, 5.41) is 0. The fourth-order valence-electron chi connectivity index (χ4n) is 1.59.